The van der Waals surface area contributed by atoms with Crippen molar-refractivity contribution in [2.45, 2.75) is 32.4 Å². The topological polar surface area (TPSA) is 35.6 Å². The third-order valence-corrected chi connectivity index (χ3v) is 4.55. The number of anilines is 1. The fourth-order valence-electron chi connectivity index (χ4n) is 2.73. The number of nitrogens with one attached hydrogen (secondary N) is 1. The molecule has 1 saturated heterocycles. The van der Waals surface area contributed by atoms with Crippen LogP contribution in [0.5, 0.6) is 0 Å². The van der Waals surface area contributed by atoms with Gasteiger partial charge in [0, 0.05) is 45.7 Å². The van der Waals surface area contributed by atoms with Crippen LogP contribution in [0.25, 0.3) is 0 Å². The van der Waals surface area contributed by atoms with Gasteiger partial charge in [-0.25, -0.2) is 0 Å². The highest BCUT2D eigenvalue weighted by atomic mass is 35.5. The molecular weight excluding hydrogens is 286 g/mol. The van der Waals surface area contributed by atoms with Crippen molar-refractivity contribution in [3.8, 4) is 0 Å². The summed E-state index contributed by atoms with van der Waals surface area (Å²) in [5.74, 6) is 0.155. The summed E-state index contributed by atoms with van der Waals surface area (Å²) in [6, 6.07) is 7.02. The van der Waals surface area contributed by atoms with Gasteiger partial charge in [0.15, 0.2) is 0 Å². The zero-order valence-electron chi connectivity index (χ0n) is 12.4. The number of carbonyl (C=O) groups is 1. The molecule has 3 rings (SSSR count). The molecule has 1 heterocycles. The molecule has 0 spiro atoms. The zero-order chi connectivity index (χ0) is 14.8. The number of piperazine rings is 1. The van der Waals surface area contributed by atoms with Crippen LogP contribution in [-0.4, -0.2) is 43.0 Å². The number of nitrogens with zero attached hydrogens (tertiary/aromatic N) is 2. The smallest absolute Gasteiger partial charge is 0.219 e. The highest BCUT2D eigenvalue weighted by Crippen LogP contribution is 2.28. The molecule has 21 heavy (non-hydrogen) atoms. The van der Waals surface area contributed by atoms with Gasteiger partial charge in [-0.05, 0) is 30.5 Å². The summed E-state index contributed by atoms with van der Waals surface area (Å²) in [7, 11) is 0. The monoisotopic (exact) mass is 307 g/mol. The van der Waals surface area contributed by atoms with E-state index in [1.165, 1.54) is 18.4 Å². The number of hydrogen-bond donors (Lipinski definition) is 1. The van der Waals surface area contributed by atoms with E-state index >= 15 is 0 Å². The Morgan fingerprint density at radius 2 is 2.00 bits per heavy atom. The van der Waals surface area contributed by atoms with Gasteiger partial charge in [0.05, 0.1) is 10.7 Å². The van der Waals surface area contributed by atoms with Crippen molar-refractivity contribution in [2.75, 3.05) is 31.1 Å². The van der Waals surface area contributed by atoms with Gasteiger partial charge >= 0.3 is 0 Å². The Bertz CT molecular complexity index is 522. The average Bonchev–Trinajstić information content (AvgIpc) is 3.29. The molecule has 1 saturated carbocycles. The molecule has 0 aromatic heterocycles. The molecule has 114 valence electrons. The zero-order valence-corrected chi connectivity index (χ0v) is 13.2. The lowest BCUT2D eigenvalue weighted by molar-refractivity contribution is -0.129. The third-order valence-electron chi connectivity index (χ3n) is 4.25. The van der Waals surface area contributed by atoms with Crippen LogP contribution in [0.1, 0.15) is 25.3 Å². The lowest BCUT2D eigenvalue weighted by atomic mass is 10.1. The first kappa shape index (κ1) is 14.7. The van der Waals surface area contributed by atoms with Gasteiger partial charge in [0.25, 0.3) is 0 Å². The molecule has 0 bridgehead atoms. The van der Waals surface area contributed by atoms with Crippen LogP contribution in [0.2, 0.25) is 5.02 Å². The van der Waals surface area contributed by atoms with Crippen molar-refractivity contribution in [1.82, 2.24) is 10.2 Å². The van der Waals surface area contributed by atoms with Crippen LogP contribution in [0.3, 0.4) is 0 Å². The molecule has 0 radical (unpaired) electrons. The minimum absolute atomic E-state index is 0.155. The predicted molar refractivity (Wildman–Crippen MR) is 85.8 cm³/mol. The molecule has 4 nitrogen and oxygen atoms in total. The van der Waals surface area contributed by atoms with Crippen molar-refractivity contribution in [2.24, 2.45) is 0 Å². The first-order valence-corrected chi connectivity index (χ1v) is 8.03. The van der Waals surface area contributed by atoms with Crippen LogP contribution in [-0.2, 0) is 11.3 Å². The molecule has 2 aliphatic rings. The first-order valence-electron chi connectivity index (χ1n) is 7.66. The van der Waals surface area contributed by atoms with E-state index in [1.54, 1.807) is 6.92 Å². The Balaban J connectivity index is 1.61. The second-order valence-corrected chi connectivity index (χ2v) is 6.34. The van der Waals surface area contributed by atoms with Gasteiger partial charge in [0.2, 0.25) is 5.91 Å². The summed E-state index contributed by atoms with van der Waals surface area (Å²) in [4.78, 5) is 15.5. The van der Waals surface area contributed by atoms with Gasteiger partial charge in [-0.3, -0.25) is 4.79 Å². The summed E-state index contributed by atoms with van der Waals surface area (Å²) in [6.07, 6.45) is 2.60. The molecule has 0 atom stereocenters. The Labute approximate surface area is 131 Å². The molecule has 2 fully saturated rings. The van der Waals surface area contributed by atoms with E-state index in [4.69, 9.17) is 11.6 Å². The largest absolute Gasteiger partial charge is 0.367 e. The fraction of sp³-hybridized carbons (Fsp3) is 0.562. The van der Waals surface area contributed by atoms with E-state index in [0.717, 1.165) is 43.4 Å². The van der Waals surface area contributed by atoms with E-state index in [9.17, 15) is 4.79 Å². The quantitative estimate of drug-likeness (QED) is 0.927. The van der Waals surface area contributed by atoms with Gasteiger partial charge in [0.1, 0.15) is 0 Å². The van der Waals surface area contributed by atoms with Gasteiger partial charge in [-0.1, -0.05) is 17.7 Å². The van der Waals surface area contributed by atoms with Gasteiger partial charge in [-0.2, -0.15) is 0 Å². The lowest BCUT2D eigenvalue weighted by Crippen LogP contribution is -2.48. The van der Waals surface area contributed by atoms with E-state index < -0.39 is 0 Å². The van der Waals surface area contributed by atoms with Gasteiger partial charge < -0.3 is 15.1 Å². The maximum atomic E-state index is 11.4. The number of halogens is 1. The summed E-state index contributed by atoms with van der Waals surface area (Å²) in [5, 5.41) is 4.31. The van der Waals surface area contributed by atoms with Crippen molar-refractivity contribution in [1.29, 1.82) is 0 Å². The number of rotatable bonds is 4. The molecule has 1 aliphatic carbocycles. The van der Waals surface area contributed by atoms with Crippen LogP contribution < -0.4 is 10.2 Å². The van der Waals surface area contributed by atoms with E-state index in [1.807, 2.05) is 4.90 Å². The second kappa shape index (κ2) is 6.24. The summed E-state index contributed by atoms with van der Waals surface area (Å²) in [6.45, 7) is 5.76. The van der Waals surface area contributed by atoms with Gasteiger partial charge in [-0.15, -0.1) is 0 Å². The molecule has 1 amide bonds. The molecule has 1 N–H and O–H groups in total. The normalized spacial score (nSPS) is 19.0. The average molecular weight is 308 g/mol. The van der Waals surface area contributed by atoms with Crippen LogP contribution in [0.15, 0.2) is 18.2 Å². The molecule has 1 aromatic rings. The summed E-state index contributed by atoms with van der Waals surface area (Å²) < 4.78 is 0. The maximum Gasteiger partial charge on any atom is 0.219 e. The van der Waals surface area contributed by atoms with Crippen molar-refractivity contribution >= 4 is 23.2 Å². The molecule has 1 aromatic carbocycles. The maximum absolute atomic E-state index is 11.4. The number of benzene rings is 1. The minimum atomic E-state index is 0.155. The van der Waals surface area contributed by atoms with Crippen molar-refractivity contribution in [3.05, 3.63) is 28.8 Å². The Kier molecular flexibility index (Phi) is 4.36. The van der Waals surface area contributed by atoms with Crippen LogP contribution in [0, 0.1) is 0 Å². The second-order valence-electron chi connectivity index (χ2n) is 5.93. The van der Waals surface area contributed by atoms with E-state index in [-0.39, 0.29) is 5.91 Å². The number of hydrogen-bond acceptors (Lipinski definition) is 3. The minimum Gasteiger partial charge on any atom is -0.367 e. The fourth-order valence-corrected chi connectivity index (χ4v) is 3.05. The lowest BCUT2D eigenvalue weighted by Gasteiger charge is -2.36. The predicted octanol–water partition coefficient (Wildman–Crippen LogP) is 2.26. The molecule has 5 heteroatoms. The number of amides is 1. The summed E-state index contributed by atoms with van der Waals surface area (Å²) in [5.41, 5.74) is 2.31. The summed E-state index contributed by atoms with van der Waals surface area (Å²) >= 11 is 6.44. The molecule has 0 unspecified atom stereocenters. The first-order chi connectivity index (χ1) is 10.1. The Morgan fingerprint density at radius 1 is 1.29 bits per heavy atom. The van der Waals surface area contributed by atoms with Crippen molar-refractivity contribution < 1.29 is 4.79 Å². The van der Waals surface area contributed by atoms with Crippen LogP contribution in [0.4, 0.5) is 5.69 Å². The Morgan fingerprint density at radius 3 is 2.57 bits per heavy atom. The van der Waals surface area contributed by atoms with E-state index in [2.05, 4.69) is 28.4 Å². The van der Waals surface area contributed by atoms with Crippen LogP contribution >= 0.6 is 11.6 Å². The Hall–Kier alpha value is -1.26. The SMILES string of the molecule is CC(=O)N1CCN(c2ccc(CNC3CC3)cc2Cl)CC1. The third kappa shape index (κ3) is 3.69. The standard InChI is InChI=1S/C16H22ClN3O/c1-12(21)19-6-8-20(9-7-19)16-5-2-13(10-15(16)17)11-18-14-3-4-14/h2,5,10,14,18H,3-4,6-9,11H2,1H3. The van der Waals surface area contributed by atoms with E-state index in [0.29, 0.717) is 6.04 Å². The molecule has 1 aliphatic heterocycles. The molecular formula is C16H22ClN3O. The highest BCUT2D eigenvalue weighted by molar-refractivity contribution is 6.33. The highest BCUT2D eigenvalue weighted by Gasteiger charge is 2.21. The number of carbonyl (C=O) groups excluding carboxylic acids is 1. The van der Waals surface area contributed by atoms with Crippen molar-refractivity contribution in [3.63, 3.8) is 0 Å².